The van der Waals surface area contributed by atoms with Crippen molar-refractivity contribution in [3.05, 3.63) is 59.3 Å². The molecule has 2 aromatic carbocycles. The Morgan fingerprint density at radius 2 is 1.97 bits per heavy atom. The van der Waals surface area contributed by atoms with Gasteiger partial charge in [0, 0.05) is 30.7 Å². The largest absolute Gasteiger partial charge is 0.493 e. The molecule has 3 aromatic rings. The maximum absolute atomic E-state index is 13.1. The summed E-state index contributed by atoms with van der Waals surface area (Å²) >= 11 is 0. The highest BCUT2D eigenvalue weighted by Gasteiger charge is 2.32. The van der Waals surface area contributed by atoms with E-state index in [0.29, 0.717) is 30.2 Å². The number of hydrogen-bond donors (Lipinski definition) is 1. The lowest BCUT2D eigenvalue weighted by Gasteiger charge is -2.12. The van der Waals surface area contributed by atoms with Crippen molar-refractivity contribution in [3.8, 4) is 28.4 Å². The van der Waals surface area contributed by atoms with Gasteiger partial charge < -0.3 is 19.5 Å². The van der Waals surface area contributed by atoms with Crippen molar-refractivity contribution < 1.29 is 19.0 Å². The van der Waals surface area contributed by atoms with Crippen molar-refractivity contribution in [1.29, 1.82) is 0 Å². The highest BCUT2D eigenvalue weighted by Crippen LogP contribution is 2.44. The molecule has 1 saturated heterocycles. The van der Waals surface area contributed by atoms with Crippen molar-refractivity contribution in [2.24, 2.45) is 0 Å². The highest BCUT2D eigenvalue weighted by molar-refractivity contribution is 5.97. The van der Waals surface area contributed by atoms with Crippen LogP contribution in [0.4, 0.5) is 0 Å². The second-order valence-corrected chi connectivity index (χ2v) is 7.81. The molecule has 1 amide bonds. The molecular weight excluding hydrogens is 394 g/mol. The number of aromatic nitrogens is 2. The van der Waals surface area contributed by atoms with Gasteiger partial charge in [-0.1, -0.05) is 18.2 Å². The third kappa shape index (κ3) is 3.45. The lowest BCUT2D eigenvalue weighted by molar-refractivity contribution is 0.0852. The van der Waals surface area contributed by atoms with Crippen molar-refractivity contribution in [1.82, 2.24) is 15.1 Å². The van der Waals surface area contributed by atoms with E-state index in [1.165, 1.54) is 0 Å². The third-order valence-electron chi connectivity index (χ3n) is 5.95. The van der Waals surface area contributed by atoms with E-state index >= 15 is 0 Å². The summed E-state index contributed by atoms with van der Waals surface area (Å²) in [6.45, 7) is 1.26. The van der Waals surface area contributed by atoms with Crippen molar-refractivity contribution in [2.75, 3.05) is 27.4 Å². The predicted octanol–water partition coefficient (Wildman–Crippen LogP) is 3.37. The van der Waals surface area contributed by atoms with Gasteiger partial charge in [0.15, 0.2) is 17.2 Å². The van der Waals surface area contributed by atoms with Gasteiger partial charge in [0.05, 0.1) is 31.7 Å². The van der Waals surface area contributed by atoms with E-state index in [-0.39, 0.29) is 12.0 Å². The fraction of sp³-hybridized carbons (Fsp3) is 0.333. The monoisotopic (exact) mass is 419 g/mol. The molecular formula is C24H25N3O4. The normalized spacial score (nSPS) is 16.6. The maximum atomic E-state index is 13.1. The minimum Gasteiger partial charge on any atom is -0.493 e. The standard InChI is InChI=1S/C24H25N3O4/c1-29-20-12-15-11-19-22(24(28)25-14-17-9-6-10-31-17)26-27(16-7-4-3-5-8-16)23(19)18(15)13-21(20)30-2/h3-5,7-8,12-13,17H,6,9-11,14H2,1-2H3,(H,25,28). The number of carbonyl (C=O) groups excluding carboxylic acids is 1. The molecule has 1 fully saturated rings. The number of rotatable bonds is 6. The molecule has 2 heterocycles. The van der Waals surface area contributed by atoms with E-state index in [0.717, 1.165) is 47.5 Å². The second kappa shape index (κ2) is 8.07. The van der Waals surface area contributed by atoms with Gasteiger partial charge in [0.2, 0.25) is 0 Å². The average Bonchev–Trinajstić information content (AvgIpc) is 3.53. The first-order chi connectivity index (χ1) is 15.2. The van der Waals surface area contributed by atoms with Crippen LogP contribution in [0.25, 0.3) is 16.9 Å². The van der Waals surface area contributed by atoms with Crippen molar-refractivity contribution in [3.63, 3.8) is 0 Å². The number of fused-ring (bicyclic) bond motifs is 3. The summed E-state index contributed by atoms with van der Waals surface area (Å²) in [4.78, 5) is 13.1. The van der Waals surface area contributed by atoms with Crippen LogP contribution < -0.4 is 14.8 Å². The topological polar surface area (TPSA) is 74.6 Å². The summed E-state index contributed by atoms with van der Waals surface area (Å²) in [5, 5.41) is 7.75. The number of amides is 1. The minimum atomic E-state index is -0.173. The van der Waals surface area contributed by atoms with Gasteiger partial charge in [-0.15, -0.1) is 0 Å². The molecule has 2 aliphatic rings. The maximum Gasteiger partial charge on any atom is 0.272 e. The Hall–Kier alpha value is -3.32. The Kier molecular flexibility index (Phi) is 5.11. The SMILES string of the molecule is COc1cc2c(cc1OC)-c1c(c(C(=O)NCC3CCCO3)nn1-c1ccccc1)C2. The van der Waals surface area contributed by atoms with Gasteiger partial charge in [-0.3, -0.25) is 4.79 Å². The molecule has 0 saturated carbocycles. The van der Waals surface area contributed by atoms with Gasteiger partial charge >= 0.3 is 0 Å². The first kappa shape index (κ1) is 19.6. The molecule has 7 nitrogen and oxygen atoms in total. The average molecular weight is 419 g/mol. The van der Waals surface area contributed by atoms with Crippen molar-refractivity contribution in [2.45, 2.75) is 25.4 Å². The van der Waals surface area contributed by atoms with Crippen LogP contribution in [0, 0.1) is 0 Å². The van der Waals surface area contributed by atoms with Crippen LogP contribution in [0.3, 0.4) is 0 Å². The Balaban J connectivity index is 1.57. The lowest BCUT2D eigenvalue weighted by Crippen LogP contribution is -2.32. The zero-order valence-electron chi connectivity index (χ0n) is 17.7. The number of methoxy groups -OCH3 is 2. The Labute approximate surface area is 180 Å². The van der Waals surface area contributed by atoms with E-state index in [2.05, 4.69) is 5.32 Å². The Morgan fingerprint density at radius 1 is 1.19 bits per heavy atom. The molecule has 160 valence electrons. The Morgan fingerprint density at radius 3 is 2.68 bits per heavy atom. The van der Waals surface area contributed by atoms with Crippen LogP contribution >= 0.6 is 0 Å². The number of ether oxygens (including phenoxy) is 3. The number of nitrogens with zero attached hydrogens (tertiary/aromatic N) is 2. The summed E-state index contributed by atoms with van der Waals surface area (Å²) in [6.07, 6.45) is 2.71. The number of carbonyl (C=O) groups is 1. The highest BCUT2D eigenvalue weighted by atomic mass is 16.5. The van der Waals surface area contributed by atoms with E-state index in [9.17, 15) is 4.79 Å². The quantitative estimate of drug-likeness (QED) is 0.519. The van der Waals surface area contributed by atoms with E-state index in [4.69, 9.17) is 19.3 Å². The molecule has 1 aromatic heterocycles. The van der Waals surface area contributed by atoms with Crippen LogP contribution in [0.5, 0.6) is 11.5 Å². The molecule has 1 unspecified atom stereocenters. The number of hydrogen-bond acceptors (Lipinski definition) is 5. The van der Waals surface area contributed by atoms with Crippen molar-refractivity contribution >= 4 is 5.91 Å². The van der Waals surface area contributed by atoms with Gasteiger partial charge in [-0.2, -0.15) is 5.10 Å². The van der Waals surface area contributed by atoms with E-state index in [1.807, 2.05) is 47.1 Å². The van der Waals surface area contributed by atoms with Gasteiger partial charge in [-0.05, 0) is 42.7 Å². The molecule has 1 aliphatic heterocycles. The molecule has 0 radical (unpaired) electrons. The first-order valence-corrected chi connectivity index (χ1v) is 10.5. The van der Waals surface area contributed by atoms with E-state index in [1.54, 1.807) is 14.2 Å². The molecule has 0 bridgehead atoms. The first-order valence-electron chi connectivity index (χ1n) is 10.5. The van der Waals surface area contributed by atoms with Crippen LogP contribution in [0.2, 0.25) is 0 Å². The van der Waals surface area contributed by atoms with E-state index < -0.39 is 0 Å². The van der Waals surface area contributed by atoms with Gasteiger partial charge in [-0.25, -0.2) is 4.68 Å². The third-order valence-corrected chi connectivity index (χ3v) is 5.95. The molecule has 31 heavy (non-hydrogen) atoms. The molecule has 5 rings (SSSR count). The summed E-state index contributed by atoms with van der Waals surface area (Å²) < 4.78 is 18.5. The number of para-hydroxylation sites is 1. The fourth-order valence-electron chi connectivity index (χ4n) is 4.41. The summed E-state index contributed by atoms with van der Waals surface area (Å²) in [7, 11) is 3.25. The second-order valence-electron chi connectivity index (χ2n) is 7.81. The summed E-state index contributed by atoms with van der Waals surface area (Å²) in [5.41, 5.74) is 5.28. The molecule has 1 N–H and O–H groups in total. The van der Waals surface area contributed by atoms with Crippen LogP contribution in [-0.4, -0.2) is 49.2 Å². The predicted molar refractivity (Wildman–Crippen MR) is 116 cm³/mol. The number of nitrogens with one attached hydrogen (secondary N) is 1. The molecule has 0 spiro atoms. The minimum absolute atomic E-state index is 0.0823. The summed E-state index contributed by atoms with van der Waals surface area (Å²) in [5.74, 6) is 1.16. The lowest BCUT2D eigenvalue weighted by atomic mass is 10.1. The van der Waals surface area contributed by atoms with Crippen LogP contribution in [0.1, 0.15) is 34.5 Å². The van der Waals surface area contributed by atoms with Gasteiger partial charge in [0.25, 0.3) is 5.91 Å². The van der Waals surface area contributed by atoms with Crippen LogP contribution in [0.15, 0.2) is 42.5 Å². The number of benzene rings is 2. The fourth-order valence-corrected chi connectivity index (χ4v) is 4.41. The zero-order chi connectivity index (χ0) is 21.4. The Bertz CT molecular complexity index is 1120. The summed E-state index contributed by atoms with van der Waals surface area (Å²) in [6, 6.07) is 13.8. The molecule has 1 atom stereocenters. The molecule has 1 aliphatic carbocycles. The zero-order valence-corrected chi connectivity index (χ0v) is 17.7. The van der Waals surface area contributed by atoms with Gasteiger partial charge in [0.1, 0.15) is 0 Å². The van der Waals surface area contributed by atoms with Crippen LogP contribution in [-0.2, 0) is 11.2 Å². The smallest absolute Gasteiger partial charge is 0.272 e. The molecule has 7 heteroatoms.